The summed E-state index contributed by atoms with van der Waals surface area (Å²) in [5, 5.41) is 14.2. The summed E-state index contributed by atoms with van der Waals surface area (Å²) >= 11 is 5.98. The van der Waals surface area contributed by atoms with Crippen molar-refractivity contribution in [3.05, 3.63) is 28.8 Å². The standard InChI is InChI=1S/C18H26ClN3O5/c1-9(2)15(17(24)21-11(4)18(25)26)22-16(23)13-7-12(19)5-6-14(13)27-8-10(3)20/h5-7,9-11,15H,8,20H2,1-4H3,(H,21,24)(H,22,23)(H,25,26)/t10-,11-,15-/m0/s1. The zero-order valence-corrected chi connectivity index (χ0v) is 16.5. The van der Waals surface area contributed by atoms with E-state index in [4.69, 9.17) is 27.2 Å². The fourth-order valence-electron chi connectivity index (χ4n) is 2.15. The highest BCUT2D eigenvalue weighted by Crippen LogP contribution is 2.23. The molecule has 0 aliphatic carbocycles. The maximum absolute atomic E-state index is 12.7. The van der Waals surface area contributed by atoms with Crippen molar-refractivity contribution in [1.82, 2.24) is 10.6 Å². The first kappa shape index (κ1) is 22.7. The number of halogens is 1. The molecule has 8 nitrogen and oxygen atoms in total. The molecule has 0 aliphatic heterocycles. The first-order chi connectivity index (χ1) is 12.5. The van der Waals surface area contributed by atoms with Crippen LogP contribution >= 0.6 is 11.6 Å². The molecule has 0 heterocycles. The lowest BCUT2D eigenvalue weighted by Gasteiger charge is -2.23. The Bertz CT molecular complexity index is 694. The van der Waals surface area contributed by atoms with Crippen LogP contribution in [-0.4, -0.2) is 47.6 Å². The Morgan fingerprint density at radius 3 is 2.33 bits per heavy atom. The van der Waals surface area contributed by atoms with E-state index in [1.54, 1.807) is 32.9 Å². The minimum atomic E-state index is -1.17. The number of ether oxygens (including phenoxy) is 1. The summed E-state index contributed by atoms with van der Waals surface area (Å²) in [6.07, 6.45) is 0. The van der Waals surface area contributed by atoms with Crippen molar-refractivity contribution in [1.29, 1.82) is 0 Å². The average molecular weight is 400 g/mol. The third kappa shape index (κ3) is 7.07. The van der Waals surface area contributed by atoms with Crippen LogP contribution in [0.1, 0.15) is 38.1 Å². The predicted molar refractivity (Wildman–Crippen MR) is 102 cm³/mol. The van der Waals surface area contributed by atoms with Gasteiger partial charge >= 0.3 is 5.97 Å². The van der Waals surface area contributed by atoms with E-state index in [0.29, 0.717) is 5.02 Å². The molecule has 1 rings (SSSR count). The third-order valence-electron chi connectivity index (χ3n) is 3.65. The van der Waals surface area contributed by atoms with Crippen LogP contribution in [0.25, 0.3) is 0 Å². The van der Waals surface area contributed by atoms with Gasteiger partial charge in [-0.2, -0.15) is 0 Å². The van der Waals surface area contributed by atoms with Gasteiger partial charge in [-0.25, -0.2) is 0 Å². The number of nitrogens with two attached hydrogens (primary N) is 1. The SMILES string of the molecule is CC(C)[C@H](NC(=O)c1cc(Cl)ccc1OC[C@H](C)N)C(=O)N[C@@H](C)C(=O)O. The Balaban J connectivity index is 3.00. The van der Waals surface area contributed by atoms with Crippen molar-refractivity contribution in [3.8, 4) is 5.75 Å². The lowest BCUT2D eigenvalue weighted by atomic mass is 10.0. The summed E-state index contributed by atoms with van der Waals surface area (Å²) in [6.45, 7) is 6.78. The normalized spacial score (nSPS) is 14.2. The summed E-state index contributed by atoms with van der Waals surface area (Å²) in [4.78, 5) is 36.0. The third-order valence-corrected chi connectivity index (χ3v) is 3.89. The van der Waals surface area contributed by atoms with Crippen molar-refractivity contribution in [2.45, 2.75) is 45.8 Å². The van der Waals surface area contributed by atoms with E-state index in [9.17, 15) is 14.4 Å². The second kappa shape index (κ2) is 10.1. The molecule has 0 unspecified atom stereocenters. The molecule has 0 aromatic heterocycles. The van der Waals surface area contributed by atoms with Gasteiger partial charge in [0.05, 0.1) is 5.56 Å². The van der Waals surface area contributed by atoms with E-state index in [0.717, 1.165) is 0 Å². The second-order valence-corrected chi connectivity index (χ2v) is 7.13. The number of nitrogens with one attached hydrogen (secondary N) is 2. The van der Waals surface area contributed by atoms with Crippen molar-refractivity contribution in [2.75, 3.05) is 6.61 Å². The van der Waals surface area contributed by atoms with Gasteiger partial charge in [-0.3, -0.25) is 14.4 Å². The molecular weight excluding hydrogens is 374 g/mol. The Morgan fingerprint density at radius 2 is 1.81 bits per heavy atom. The van der Waals surface area contributed by atoms with Gasteiger partial charge in [-0.15, -0.1) is 0 Å². The van der Waals surface area contributed by atoms with Crippen molar-refractivity contribution < 1.29 is 24.2 Å². The van der Waals surface area contributed by atoms with Crippen LogP contribution in [0.15, 0.2) is 18.2 Å². The summed E-state index contributed by atoms with van der Waals surface area (Å²) in [7, 11) is 0. The monoisotopic (exact) mass is 399 g/mol. The molecule has 0 spiro atoms. The van der Waals surface area contributed by atoms with Gasteiger partial charge in [0, 0.05) is 11.1 Å². The van der Waals surface area contributed by atoms with E-state index in [2.05, 4.69) is 10.6 Å². The molecule has 0 aliphatic rings. The molecule has 0 fully saturated rings. The fraction of sp³-hybridized carbons (Fsp3) is 0.500. The van der Waals surface area contributed by atoms with Gasteiger partial charge in [0.2, 0.25) is 5.91 Å². The number of hydrogen-bond acceptors (Lipinski definition) is 5. The number of carboxylic acids is 1. The van der Waals surface area contributed by atoms with Gasteiger partial charge in [-0.1, -0.05) is 25.4 Å². The molecule has 1 aromatic carbocycles. The predicted octanol–water partition coefficient (Wildman–Crippen LogP) is 1.41. The van der Waals surface area contributed by atoms with Crippen LogP contribution < -0.4 is 21.1 Å². The highest BCUT2D eigenvalue weighted by atomic mass is 35.5. The van der Waals surface area contributed by atoms with E-state index in [-0.39, 0.29) is 29.9 Å². The topological polar surface area (TPSA) is 131 Å². The van der Waals surface area contributed by atoms with E-state index >= 15 is 0 Å². The zero-order chi connectivity index (χ0) is 20.7. The van der Waals surface area contributed by atoms with Gasteiger partial charge < -0.3 is 26.2 Å². The molecule has 0 radical (unpaired) electrons. The van der Waals surface area contributed by atoms with Crippen LogP contribution in [0.5, 0.6) is 5.75 Å². The molecular formula is C18H26ClN3O5. The van der Waals surface area contributed by atoms with Crippen LogP contribution in [0.3, 0.4) is 0 Å². The highest BCUT2D eigenvalue weighted by molar-refractivity contribution is 6.31. The van der Waals surface area contributed by atoms with Gasteiger partial charge in [-0.05, 0) is 38.0 Å². The smallest absolute Gasteiger partial charge is 0.325 e. The lowest BCUT2D eigenvalue weighted by molar-refractivity contribution is -0.141. The Morgan fingerprint density at radius 1 is 1.19 bits per heavy atom. The Hall–Kier alpha value is -2.32. The van der Waals surface area contributed by atoms with Crippen LogP contribution in [0, 0.1) is 5.92 Å². The molecule has 27 heavy (non-hydrogen) atoms. The van der Waals surface area contributed by atoms with Crippen LogP contribution in [0.4, 0.5) is 0 Å². The van der Waals surface area contributed by atoms with Crippen LogP contribution in [-0.2, 0) is 9.59 Å². The molecule has 3 atom stereocenters. The molecule has 0 saturated heterocycles. The maximum atomic E-state index is 12.7. The number of rotatable bonds is 9. The summed E-state index contributed by atoms with van der Waals surface area (Å²) in [5.41, 5.74) is 5.83. The first-order valence-electron chi connectivity index (χ1n) is 8.54. The average Bonchev–Trinajstić information content (AvgIpc) is 2.57. The number of benzene rings is 1. The fourth-order valence-corrected chi connectivity index (χ4v) is 2.32. The van der Waals surface area contributed by atoms with E-state index in [1.807, 2.05) is 0 Å². The molecule has 0 bridgehead atoms. The molecule has 1 aromatic rings. The number of carboxylic acid groups (broad SMARTS) is 1. The molecule has 0 saturated carbocycles. The number of hydrogen-bond donors (Lipinski definition) is 4. The number of carbonyl (C=O) groups excluding carboxylic acids is 2. The maximum Gasteiger partial charge on any atom is 0.325 e. The minimum absolute atomic E-state index is 0.160. The summed E-state index contributed by atoms with van der Waals surface area (Å²) < 4.78 is 5.55. The van der Waals surface area contributed by atoms with Crippen molar-refractivity contribution in [2.24, 2.45) is 11.7 Å². The lowest BCUT2D eigenvalue weighted by Crippen LogP contribution is -2.53. The number of aliphatic carboxylic acids is 1. The zero-order valence-electron chi connectivity index (χ0n) is 15.8. The van der Waals surface area contributed by atoms with E-state index < -0.39 is 29.9 Å². The number of carbonyl (C=O) groups is 3. The quantitative estimate of drug-likeness (QED) is 0.496. The van der Waals surface area contributed by atoms with Crippen LogP contribution in [0.2, 0.25) is 5.02 Å². The first-order valence-corrected chi connectivity index (χ1v) is 8.92. The largest absolute Gasteiger partial charge is 0.491 e. The molecule has 5 N–H and O–H groups in total. The highest BCUT2D eigenvalue weighted by Gasteiger charge is 2.28. The van der Waals surface area contributed by atoms with Gasteiger partial charge in [0.1, 0.15) is 24.4 Å². The minimum Gasteiger partial charge on any atom is -0.491 e. The van der Waals surface area contributed by atoms with Gasteiger partial charge in [0.15, 0.2) is 0 Å². The van der Waals surface area contributed by atoms with Crippen molar-refractivity contribution >= 4 is 29.4 Å². The molecule has 150 valence electrons. The Kier molecular flexibility index (Phi) is 8.52. The van der Waals surface area contributed by atoms with Gasteiger partial charge in [0.25, 0.3) is 5.91 Å². The second-order valence-electron chi connectivity index (χ2n) is 6.69. The summed E-state index contributed by atoms with van der Waals surface area (Å²) in [6, 6.07) is 2.32. The molecule has 2 amide bonds. The molecule has 9 heteroatoms. The Labute approximate surface area is 163 Å². The van der Waals surface area contributed by atoms with Crippen molar-refractivity contribution in [3.63, 3.8) is 0 Å². The number of amides is 2. The summed E-state index contributed by atoms with van der Waals surface area (Å²) in [5.74, 6) is -2.31. The van der Waals surface area contributed by atoms with E-state index in [1.165, 1.54) is 13.0 Å².